The van der Waals surface area contributed by atoms with Crippen molar-refractivity contribution in [3.05, 3.63) is 107 Å². The van der Waals surface area contributed by atoms with Gasteiger partial charge in [-0.15, -0.1) is 0 Å². The number of halogens is 1. The molecule has 0 aliphatic heterocycles. The fourth-order valence-electron chi connectivity index (χ4n) is 4.68. The van der Waals surface area contributed by atoms with Gasteiger partial charge in [0.25, 0.3) is 0 Å². The Kier molecular flexibility index (Phi) is 4.52. The first-order chi connectivity index (χ1) is 14.1. The summed E-state index contributed by atoms with van der Waals surface area (Å²) in [4.78, 5) is 4.52. The predicted octanol–water partition coefficient (Wildman–Crippen LogP) is 7.08. The number of aromatic nitrogens is 1. The maximum Gasteiger partial charge on any atom is 0.0722 e. The lowest BCUT2D eigenvalue weighted by molar-refractivity contribution is 0.235. The van der Waals surface area contributed by atoms with Crippen LogP contribution in [-0.2, 0) is 5.54 Å². The van der Waals surface area contributed by atoms with Crippen LogP contribution in [0.1, 0.15) is 35.4 Å². The topological polar surface area (TPSA) is 24.9 Å². The first-order valence-corrected chi connectivity index (χ1v) is 10.5. The van der Waals surface area contributed by atoms with Gasteiger partial charge in [-0.25, -0.2) is 0 Å². The van der Waals surface area contributed by atoms with Crippen molar-refractivity contribution in [1.29, 1.82) is 0 Å². The van der Waals surface area contributed by atoms with Crippen LogP contribution in [0.2, 0.25) is 5.02 Å². The maximum absolute atomic E-state index is 6.50. The number of pyridine rings is 1. The summed E-state index contributed by atoms with van der Waals surface area (Å²) >= 11 is 6.50. The summed E-state index contributed by atoms with van der Waals surface area (Å²) < 4.78 is 0. The molecule has 0 bridgehead atoms. The lowest BCUT2D eigenvalue weighted by atomic mass is 9.61. The third kappa shape index (κ3) is 3.28. The van der Waals surface area contributed by atoms with E-state index in [1.165, 1.54) is 11.1 Å². The zero-order chi connectivity index (χ0) is 19.8. The first-order valence-electron chi connectivity index (χ1n) is 10.1. The minimum Gasteiger partial charge on any atom is -0.375 e. The smallest absolute Gasteiger partial charge is 0.0722 e. The minimum absolute atomic E-state index is 0.127. The molecule has 1 heterocycles. The molecule has 4 aromatic rings. The zero-order valence-corrected chi connectivity index (χ0v) is 17.2. The van der Waals surface area contributed by atoms with Crippen molar-refractivity contribution in [3.8, 4) is 0 Å². The van der Waals surface area contributed by atoms with Gasteiger partial charge in [-0.2, -0.15) is 0 Å². The van der Waals surface area contributed by atoms with Crippen molar-refractivity contribution in [2.45, 2.75) is 31.2 Å². The Morgan fingerprint density at radius 3 is 2.59 bits per heavy atom. The molecule has 1 saturated carbocycles. The van der Waals surface area contributed by atoms with Gasteiger partial charge in [-0.1, -0.05) is 66.2 Å². The van der Waals surface area contributed by atoms with Crippen LogP contribution < -0.4 is 5.32 Å². The highest BCUT2D eigenvalue weighted by Crippen LogP contribution is 2.54. The van der Waals surface area contributed by atoms with Gasteiger partial charge in [0.2, 0.25) is 0 Å². The van der Waals surface area contributed by atoms with Crippen LogP contribution in [0.5, 0.6) is 0 Å². The summed E-state index contributed by atoms with van der Waals surface area (Å²) in [5.41, 5.74) is 5.84. The Labute approximate surface area is 176 Å². The molecular formula is C26H23ClN2. The Hall–Kier alpha value is -2.84. The van der Waals surface area contributed by atoms with Crippen LogP contribution in [0, 0.1) is 6.92 Å². The molecule has 1 aliphatic carbocycles. The third-order valence-electron chi connectivity index (χ3n) is 6.23. The van der Waals surface area contributed by atoms with E-state index in [-0.39, 0.29) is 5.54 Å². The predicted molar refractivity (Wildman–Crippen MR) is 122 cm³/mol. The van der Waals surface area contributed by atoms with Crippen molar-refractivity contribution >= 4 is 28.2 Å². The zero-order valence-electron chi connectivity index (χ0n) is 16.4. The second-order valence-electron chi connectivity index (χ2n) is 8.05. The van der Waals surface area contributed by atoms with Gasteiger partial charge in [0, 0.05) is 22.3 Å². The molecule has 0 spiro atoms. The van der Waals surface area contributed by atoms with Crippen molar-refractivity contribution in [2.24, 2.45) is 0 Å². The van der Waals surface area contributed by atoms with Crippen LogP contribution >= 0.6 is 11.6 Å². The van der Waals surface area contributed by atoms with Crippen molar-refractivity contribution in [1.82, 2.24) is 4.98 Å². The van der Waals surface area contributed by atoms with E-state index in [4.69, 9.17) is 11.6 Å². The number of nitrogens with one attached hydrogen (secondary N) is 1. The second kappa shape index (κ2) is 7.20. The Balaban J connectivity index is 1.53. The van der Waals surface area contributed by atoms with Crippen LogP contribution in [0.15, 0.2) is 85.1 Å². The van der Waals surface area contributed by atoms with Crippen LogP contribution in [0.4, 0.5) is 5.69 Å². The summed E-state index contributed by atoms with van der Waals surface area (Å²) in [7, 11) is 0. The number of rotatable bonds is 4. The highest BCUT2D eigenvalue weighted by atomic mass is 35.5. The molecule has 1 aromatic heterocycles. The van der Waals surface area contributed by atoms with Gasteiger partial charge in [0.15, 0.2) is 0 Å². The highest BCUT2D eigenvalue weighted by molar-refractivity contribution is 6.31. The van der Waals surface area contributed by atoms with E-state index in [1.807, 2.05) is 18.3 Å². The molecule has 3 heteroatoms. The SMILES string of the molecule is Cc1c(Cl)cccc1C1(Nc2ccc3cccnc3c2)CC(c2ccccc2)C1. The fourth-order valence-corrected chi connectivity index (χ4v) is 4.85. The third-order valence-corrected chi connectivity index (χ3v) is 6.64. The molecule has 0 radical (unpaired) electrons. The summed E-state index contributed by atoms with van der Waals surface area (Å²) in [5.74, 6) is 0.542. The largest absolute Gasteiger partial charge is 0.375 e. The number of hydrogen-bond donors (Lipinski definition) is 1. The highest BCUT2D eigenvalue weighted by Gasteiger charge is 2.47. The van der Waals surface area contributed by atoms with E-state index in [9.17, 15) is 0 Å². The van der Waals surface area contributed by atoms with Gasteiger partial charge >= 0.3 is 0 Å². The maximum atomic E-state index is 6.50. The molecule has 0 amide bonds. The Morgan fingerprint density at radius 1 is 0.931 bits per heavy atom. The first kappa shape index (κ1) is 18.2. The number of nitrogens with zero attached hydrogens (tertiary/aromatic N) is 1. The fraction of sp³-hybridized carbons (Fsp3) is 0.192. The normalized spacial score (nSPS) is 21.0. The van der Waals surface area contributed by atoms with Crippen molar-refractivity contribution < 1.29 is 0 Å². The molecule has 3 aromatic carbocycles. The van der Waals surface area contributed by atoms with E-state index in [0.29, 0.717) is 5.92 Å². The molecular weight excluding hydrogens is 376 g/mol. The molecule has 29 heavy (non-hydrogen) atoms. The average molecular weight is 399 g/mol. The van der Waals surface area contributed by atoms with E-state index < -0.39 is 0 Å². The van der Waals surface area contributed by atoms with Crippen molar-refractivity contribution in [2.75, 3.05) is 5.32 Å². The Bertz CT molecular complexity index is 1160. The van der Waals surface area contributed by atoms with E-state index in [2.05, 4.69) is 84.0 Å². The van der Waals surface area contributed by atoms with E-state index in [0.717, 1.165) is 40.0 Å². The monoisotopic (exact) mass is 398 g/mol. The summed E-state index contributed by atoms with van der Waals surface area (Å²) in [6.45, 7) is 2.12. The van der Waals surface area contributed by atoms with Gasteiger partial charge < -0.3 is 5.32 Å². The molecule has 1 N–H and O–H groups in total. The van der Waals surface area contributed by atoms with Gasteiger partial charge in [0.05, 0.1) is 11.1 Å². The van der Waals surface area contributed by atoms with Crippen LogP contribution in [0.25, 0.3) is 10.9 Å². The van der Waals surface area contributed by atoms with E-state index in [1.54, 1.807) is 0 Å². The molecule has 0 atom stereocenters. The Morgan fingerprint density at radius 2 is 1.76 bits per heavy atom. The molecule has 1 fully saturated rings. The standard InChI is InChI=1S/C26H23ClN2/c1-18-23(10-5-11-24(18)27)26(16-21(17-26)19-7-3-2-4-8-19)29-22-13-12-20-9-6-14-28-25(20)15-22/h2-15,21,29H,16-17H2,1H3. The molecule has 5 rings (SSSR count). The quantitative estimate of drug-likeness (QED) is 0.397. The molecule has 144 valence electrons. The summed E-state index contributed by atoms with van der Waals surface area (Å²) in [6, 6.07) is 27.6. The molecule has 1 aliphatic rings. The lowest BCUT2D eigenvalue weighted by Gasteiger charge is -2.50. The lowest BCUT2D eigenvalue weighted by Crippen LogP contribution is -2.47. The number of anilines is 1. The van der Waals surface area contributed by atoms with Gasteiger partial charge in [-0.05, 0) is 66.6 Å². The number of fused-ring (bicyclic) bond motifs is 1. The summed E-state index contributed by atoms with van der Waals surface area (Å²) in [6.07, 6.45) is 3.93. The number of benzene rings is 3. The second-order valence-corrected chi connectivity index (χ2v) is 8.45. The van der Waals surface area contributed by atoms with Gasteiger partial charge in [-0.3, -0.25) is 4.98 Å². The van der Waals surface area contributed by atoms with Crippen molar-refractivity contribution in [3.63, 3.8) is 0 Å². The van der Waals surface area contributed by atoms with Crippen LogP contribution in [-0.4, -0.2) is 4.98 Å². The number of hydrogen-bond acceptors (Lipinski definition) is 2. The van der Waals surface area contributed by atoms with E-state index >= 15 is 0 Å². The van der Waals surface area contributed by atoms with Crippen LogP contribution in [0.3, 0.4) is 0 Å². The average Bonchev–Trinajstić information content (AvgIpc) is 2.73. The minimum atomic E-state index is -0.127. The molecule has 0 saturated heterocycles. The van der Waals surface area contributed by atoms with Gasteiger partial charge in [0.1, 0.15) is 0 Å². The summed E-state index contributed by atoms with van der Waals surface area (Å²) in [5, 5.41) is 5.85. The molecule has 0 unspecified atom stereocenters. The molecule has 2 nitrogen and oxygen atoms in total.